The maximum absolute atomic E-state index is 11.4. The Morgan fingerprint density at radius 2 is 1.66 bits per heavy atom. The minimum atomic E-state index is -3.63. The third-order valence-electron chi connectivity index (χ3n) is 8.48. The van der Waals surface area contributed by atoms with Gasteiger partial charge in [-0.3, -0.25) is 4.90 Å². The van der Waals surface area contributed by atoms with E-state index in [-0.39, 0.29) is 4.90 Å². The lowest BCUT2D eigenvalue weighted by Gasteiger charge is -2.37. The maximum atomic E-state index is 11.4. The molecule has 4 rings (SSSR count). The van der Waals surface area contributed by atoms with Crippen LogP contribution in [0.2, 0.25) is 0 Å². The molecule has 2 unspecified atom stereocenters. The number of fused-ring (bicyclic) bond motifs is 1. The van der Waals surface area contributed by atoms with Gasteiger partial charge in [-0.05, 0) is 92.3 Å². The lowest BCUT2D eigenvalue weighted by atomic mass is 9.81. The van der Waals surface area contributed by atoms with Gasteiger partial charge in [-0.1, -0.05) is 70.0 Å². The van der Waals surface area contributed by atoms with Crippen molar-refractivity contribution >= 4 is 15.7 Å². The number of piperazine rings is 1. The third-order valence-corrected chi connectivity index (χ3v) is 9.41. The summed E-state index contributed by atoms with van der Waals surface area (Å²) in [5, 5.41) is 5.18. The van der Waals surface area contributed by atoms with Crippen LogP contribution in [0.25, 0.3) is 0 Å². The Balaban J connectivity index is 0.000000342. The summed E-state index contributed by atoms with van der Waals surface area (Å²) < 4.78 is 22.8. The van der Waals surface area contributed by atoms with Gasteiger partial charge in [0.2, 0.25) is 10.0 Å². The van der Waals surface area contributed by atoms with Crippen molar-refractivity contribution in [2.45, 2.75) is 77.0 Å². The van der Waals surface area contributed by atoms with Crippen LogP contribution >= 0.6 is 0 Å². The Bertz CT molecular complexity index is 1100. The summed E-state index contributed by atoms with van der Waals surface area (Å²) in [5.41, 5.74) is 4.18. The Kier molecular flexibility index (Phi) is 11.9. The third kappa shape index (κ3) is 8.69. The van der Waals surface area contributed by atoms with Crippen LogP contribution in [0.3, 0.4) is 0 Å². The van der Waals surface area contributed by atoms with E-state index in [1.54, 1.807) is 23.3 Å². The van der Waals surface area contributed by atoms with E-state index in [9.17, 15) is 8.42 Å². The van der Waals surface area contributed by atoms with E-state index < -0.39 is 10.0 Å². The van der Waals surface area contributed by atoms with E-state index in [4.69, 9.17) is 5.14 Å². The van der Waals surface area contributed by atoms with E-state index in [1.807, 2.05) is 12.1 Å². The minimum absolute atomic E-state index is 0.169. The zero-order chi connectivity index (χ0) is 27.5. The molecular formula is C32H49N3O2S. The molecule has 0 spiro atoms. The van der Waals surface area contributed by atoms with Gasteiger partial charge in [0.05, 0.1) is 4.90 Å². The summed E-state index contributed by atoms with van der Waals surface area (Å²) in [6.07, 6.45) is 12.2. The monoisotopic (exact) mass is 539 g/mol. The SMILES string of the molecule is C/C=C\C(C)C(CC)CC.NS(=O)(=O)c1ccc(N2CCN(CCC3CCCc4ccccc43)CC2)cc1. The highest BCUT2D eigenvalue weighted by molar-refractivity contribution is 7.89. The fraction of sp³-hybridized carbons (Fsp3) is 0.562. The van der Waals surface area contributed by atoms with Gasteiger partial charge in [-0.25, -0.2) is 13.6 Å². The van der Waals surface area contributed by atoms with Gasteiger partial charge < -0.3 is 4.90 Å². The number of hydrogen-bond acceptors (Lipinski definition) is 4. The number of rotatable bonds is 9. The van der Waals surface area contributed by atoms with Crippen LogP contribution < -0.4 is 10.0 Å². The average molecular weight is 540 g/mol. The molecule has 0 amide bonds. The highest BCUT2D eigenvalue weighted by Crippen LogP contribution is 2.34. The molecule has 0 saturated carbocycles. The molecule has 210 valence electrons. The molecule has 38 heavy (non-hydrogen) atoms. The molecule has 5 nitrogen and oxygen atoms in total. The second kappa shape index (κ2) is 14.9. The topological polar surface area (TPSA) is 66.6 Å². The van der Waals surface area contributed by atoms with Crippen molar-refractivity contribution in [3.63, 3.8) is 0 Å². The van der Waals surface area contributed by atoms with Crippen molar-refractivity contribution in [3.8, 4) is 0 Å². The van der Waals surface area contributed by atoms with Crippen molar-refractivity contribution in [2.24, 2.45) is 17.0 Å². The van der Waals surface area contributed by atoms with E-state index in [0.29, 0.717) is 5.92 Å². The van der Waals surface area contributed by atoms with Crippen molar-refractivity contribution in [3.05, 3.63) is 71.8 Å². The summed E-state index contributed by atoms with van der Waals surface area (Å²) in [6, 6.07) is 15.9. The van der Waals surface area contributed by atoms with Gasteiger partial charge in [0.25, 0.3) is 0 Å². The fourth-order valence-corrected chi connectivity index (χ4v) is 6.58. The first-order valence-electron chi connectivity index (χ1n) is 14.6. The molecular weight excluding hydrogens is 490 g/mol. The molecule has 6 heteroatoms. The molecule has 0 radical (unpaired) electrons. The summed E-state index contributed by atoms with van der Waals surface area (Å²) in [4.78, 5) is 5.05. The number of hydrogen-bond donors (Lipinski definition) is 1. The quantitative estimate of drug-likeness (QED) is 0.365. The molecule has 2 atom stereocenters. The van der Waals surface area contributed by atoms with Gasteiger partial charge >= 0.3 is 0 Å². The summed E-state index contributed by atoms with van der Waals surface area (Å²) in [7, 11) is -3.63. The van der Waals surface area contributed by atoms with Crippen molar-refractivity contribution in [1.82, 2.24) is 4.90 Å². The van der Waals surface area contributed by atoms with Crippen LogP contribution in [0.15, 0.2) is 65.6 Å². The number of nitrogens with zero attached hydrogens (tertiary/aromatic N) is 2. The normalized spacial score (nSPS) is 19.2. The number of aryl methyl sites for hydroxylation is 1. The van der Waals surface area contributed by atoms with E-state index >= 15 is 0 Å². The van der Waals surface area contributed by atoms with Gasteiger partial charge in [0, 0.05) is 31.9 Å². The van der Waals surface area contributed by atoms with Crippen molar-refractivity contribution in [1.29, 1.82) is 0 Å². The van der Waals surface area contributed by atoms with Crippen molar-refractivity contribution < 1.29 is 8.42 Å². The van der Waals surface area contributed by atoms with Crippen molar-refractivity contribution in [2.75, 3.05) is 37.6 Å². The molecule has 0 aromatic heterocycles. The fourth-order valence-electron chi connectivity index (χ4n) is 6.06. The van der Waals surface area contributed by atoms with Gasteiger partial charge in [0.1, 0.15) is 0 Å². The van der Waals surface area contributed by atoms with Gasteiger partial charge in [-0.2, -0.15) is 0 Å². The number of allylic oxidation sites excluding steroid dienone is 2. The number of benzene rings is 2. The molecule has 2 aromatic rings. The standard InChI is InChI=1S/C22H29N3O2S.C10H20/c23-28(26,27)21-10-8-20(9-11-21)25-16-14-24(15-17-25)13-12-19-6-3-5-18-4-1-2-7-22(18)19;1-5-8-9(4)10(6-2)7-3/h1-2,4,7-11,19H,3,5-6,12-17H2,(H2,23,26,27);5,8-10H,6-7H2,1-4H3/b;8-5-. The molecule has 1 saturated heterocycles. The van der Waals surface area contributed by atoms with E-state index in [2.05, 4.69) is 73.9 Å². The Labute approximate surface area is 232 Å². The highest BCUT2D eigenvalue weighted by Gasteiger charge is 2.22. The second-order valence-electron chi connectivity index (χ2n) is 10.9. The van der Waals surface area contributed by atoms with Crippen LogP contribution in [0, 0.1) is 11.8 Å². The zero-order valence-corrected chi connectivity index (χ0v) is 24.8. The first-order valence-corrected chi connectivity index (χ1v) is 16.1. The lowest BCUT2D eigenvalue weighted by molar-refractivity contribution is 0.245. The van der Waals surface area contributed by atoms with Gasteiger partial charge in [0.15, 0.2) is 0 Å². The molecule has 2 aliphatic rings. The van der Waals surface area contributed by atoms with Gasteiger partial charge in [-0.15, -0.1) is 0 Å². The lowest BCUT2D eigenvalue weighted by Crippen LogP contribution is -2.46. The number of sulfonamides is 1. The summed E-state index contributed by atoms with van der Waals surface area (Å²) in [6.45, 7) is 14.1. The molecule has 1 aliphatic carbocycles. The first-order chi connectivity index (χ1) is 18.3. The van der Waals surface area contributed by atoms with E-state index in [0.717, 1.165) is 50.2 Å². The Morgan fingerprint density at radius 1 is 1.00 bits per heavy atom. The predicted molar refractivity (Wildman–Crippen MR) is 161 cm³/mol. The molecule has 2 N–H and O–H groups in total. The Morgan fingerprint density at radius 3 is 2.26 bits per heavy atom. The zero-order valence-electron chi connectivity index (χ0n) is 24.0. The maximum Gasteiger partial charge on any atom is 0.238 e. The van der Waals surface area contributed by atoms with Crippen LogP contribution in [0.4, 0.5) is 5.69 Å². The summed E-state index contributed by atoms with van der Waals surface area (Å²) >= 11 is 0. The summed E-state index contributed by atoms with van der Waals surface area (Å²) in [5.74, 6) is 2.35. The first kappa shape index (κ1) is 30.4. The molecule has 1 aliphatic heterocycles. The van der Waals surface area contributed by atoms with E-state index in [1.165, 1.54) is 38.5 Å². The molecule has 1 heterocycles. The second-order valence-corrected chi connectivity index (χ2v) is 12.5. The van der Waals surface area contributed by atoms with Crippen LogP contribution in [-0.4, -0.2) is 46.0 Å². The molecule has 0 bridgehead atoms. The number of primary sulfonamides is 1. The minimum Gasteiger partial charge on any atom is -0.369 e. The molecule has 1 fully saturated rings. The van der Waals surface area contributed by atoms with Crippen LogP contribution in [-0.2, 0) is 16.4 Å². The van der Waals surface area contributed by atoms with Crippen LogP contribution in [0.5, 0.6) is 0 Å². The smallest absolute Gasteiger partial charge is 0.238 e. The highest BCUT2D eigenvalue weighted by atomic mass is 32.2. The Hall–Kier alpha value is -2.15. The average Bonchev–Trinajstić information content (AvgIpc) is 2.93. The number of nitrogens with two attached hydrogens (primary N) is 1. The molecule has 2 aromatic carbocycles. The van der Waals surface area contributed by atoms with Crippen LogP contribution in [0.1, 0.15) is 76.8 Å². The number of anilines is 1. The largest absolute Gasteiger partial charge is 0.369 e. The predicted octanol–water partition coefficient (Wildman–Crippen LogP) is 6.60.